The van der Waals surface area contributed by atoms with Gasteiger partial charge in [0.05, 0.1) is 5.56 Å². The first-order chi connectivity index (χ1) is 7.15. The van der Waals surface area contributed by atoms with E-state index in [0.717, 1.165) is 0 Å². The number of hydrogen-bond acceptors (Lipinski definition) is 2. The summed E-state index contributed by atoms with van der Waals surface area (Å²) in [7, 11) is 0. The van der Waals surface area contributed by atoms with Gasteiger partial charge in [0.15, 0.2) is 0 Å². The maximum atomic E-state index is 13.2. The quantitative estimate of drug-likeness (QED) is 0.456. The van der Waals surface area contributed by atoms with Crippen molar-refractivity contribution in [2.75, 3.05) is 6.54 Å². The van der Waals surface area contributed by atoms with Gasteiger partial charge in [-0.05, 0) is 29.6 Å². The normalized spacial score (nSPS) is 9.40. The average Bonchev–Trinajstić information content (AvgIpc) is 2.17. The van der Waals surface area contributed by atoms with Crippen molar-refractivity contribution in [2.45, 2.75) is 6.42 Å². The Bertz CT molecular complexity index is 426. The lowest BCUT2D eigenvalue weighted by Crippen LogP contribution is -2.13. The van der Waals surface area contributed by atoms with Crippen molar-refractivity contribution >= 4 is 5.91 Å². The highest BCUT2D eigenvalue weighted by molar-refractivity contribution is 5.93. The van der Waals surface area contributed by atoms with Crippen molar-refractivity contribution < 1.29 is 9.18 Å². The van der Waals surface area contributed by atoms with Crippen molar-refractivity contribution in [1.29, 1.82) is 0 Å². The summed E-state index contributed by atoms with van der Waals surface area (Å²) < 4.78 is 13.2. The van der Waals surface area contributed by atoms with E-state index in [4.69, 9.17) is 11.3 Å². The minimum Gasteiger partial charge on any atom is -0.366 e. The number of carbonyl (C=O) groups is 1. The van der Waals surface area contributed by atoms with Crippen molar-refractivity contribution in [3.63, 3.8) is 0 Å². The molecular weight excluding hydrogens is 199 g/mol. The molecule has 1 amide bonds. The van der Waals surface area contributed by atoms with Crippen LogP contribution < -0.4 is 5.73 Å². The van der Waals surface area contributed by atoms with Crippen LogP contribution in [0.4, 0.5) is 4.39 Å². The SMILES string of the molecule is [N-]=[N+]=NCCc1ccc(C(N)=O)c(F)c1. The number of halogens is 1. The predicted octanol–water partition coefficient (Wildman–Crippen LogP) is 1.78. The topological polar surface area (TPSA) is 91.8 Å². The van der Waals surface area contributed by atoms with Crippen molar-refractivity contribution in [3.05, 3.63) is 45.6 Å². The third kappa shape index (κ3) is 2.96. The molecule has 0 aliphatic carbocycles. The Hall–Kier alpha value is -2.07. The van der Waals surface area contributed by atoms with Gasteiger partial charge in [0.2, 0.25) is 0 Å². The Labute approximate surface area is 85.3 Å². The number of hydrogen-bond donors (Lipinski definition) is 1. The number of amides is 1. The third-order valence-corrected chi connectivity index (χ3v) is 1.86. The van der Waals surface area contributed by atoms with E-state index in [0.29, 0.717) is 12.0 Å². The zero-order chi connectivity index (χ0) is 11.3. The minimum absolute atomic E-state index is 0.137. The molecule has 0 aliphatic heterocycles. The number of benzene rings is 1. The molecule has 0 aromatic heterocycles. The van der Waals surface area contributed by atoms with Gasteiger partial charge in [0.25, 0.3) is 5.91 Å². The summed E-state index contributed by atoms with van der Waals surface area (Å²) in [4.78, 5) is 13.3. The van der Waals surface area contributed by atoms with E-state index >= 15 is 0 Å². The molecule has 0 fully saturated rings. The third-order valence-electron chi connectivity index (χ3n) is 1.86. The van der Waals surface area contributed by atoms with E-state index in [-0.39, 0.29) is 12.1 Å². The lowest BCUT2D eigenvalue weighted by molar-refractivity contribution is 0.0996. The second-order valence-corrected chi connectivity index (χ2v) is 2.88. The second-order valence-electron chi connectivity index (χ2n) is 2.88. The van der Waals surface area contributed by atoms with E-state index in [1.807, 2.05) is 0 Å². The molecule has 0 atom stereocenters. The molecule has 5 nitrogen and oxygen atoms in total. The molecule has 2 N–H and O–H groups in total. The number of primary amides is 1. The first kappa shape index (κ1) is 11.0. The Balaban J connectivity index is 2.82. The number of rotatable bonds is 4. The monoisotopic (exact) mass is 208 g/mol. The van der Waals surface area contributed by atoms with E-state index in [1.165, 1.54) is 12.1 Å². The van der Waals surface area contributed by atoms with Gasteiger partial charge in [-0.15, -0.1) is 0 Å². The predicted molar refractivity (Wildman–Crippen MR) is 52.6 cm³/mol. The first-order valence-electron chi connectivity index (χ1n) is 4.24. The fourth-order valence-corrected chi connectivity index (χ4v) is 1.14. The van der Waals surface area contributed by atoms with E-state index < -0.39 is 11.7 Å². The molecule has 0 radical (unpaired) electrons. The number of carbonyl (C=O) groups excluding carboxylic acids is 1. The number of nitrogens with two attached hydrogens (primary N) is 1. The fourth-order valence-electron chi connectivity index (χ4n) is 1.14. The molecule has 0 saturated carbocycles. The van der Waals surface area contributed by atoms with Crippen LogP contribution in [-0.4, -0.2) is 12.5 Å². The smallest absolute Gasteiger partial charge is 0.251 e. The lowest BCUT2D eigenvalue weighted by atomic mass is 10.1. The van der Waals surface area contributed by atoms with Crippen LogP contribution in [0.25, 0.3) is 10.4 Å². The van der Waals surface area contributed by atoms with Crippen molar-refractivity contribution in [1.82, 2.24) is 0 Å². The maximum Gasteiger partial charge on any atom is 0.251 e. The molecule has 0 bridgehead atoms. The molecule has 0 saturated heterocycles. The highest BCUT2D eigenvalue weighted by Gasteiger charge is 2.07. The van der Waals surface area contributed by atoms with Gasteiger partial charge in [-0.3, -0.25) is 4.79 Å². The molecule has 15 heavy (non-hydrogen) atoms. The molecule has 1 rings (SSSR count). The van der Waals surface area contributed by atoms with Crippen LogP contribution >= 0.6 is 0 Å². The summed E-state index contributed by atoms with van der Waals surface area (Å²) in [6.45, 7) is 0.256. The Morgan fingerprint density at radius 2 is 2.33 bits per heavy atom. The van der Waals surface area contributed by atoms with Gasteiger partial charge in [-0.2, -0.15) is 0 Å². The fraction of sp³-hybridized carbons (Fsp3) is 0.222. The zero-order valence-corrected chi connectivity index (χ0v) is 7.85. The second kappa shape index (κ2) is 4.97. The van der Waals surface area contributed by atoms with E-state index in [9.17, 15) is 9.18 Å². The van der Waals surface area contributed by atoms with E-state index in [2.05, 4.69) is 10.0 Å². The van der Waals surface area contributed by atoms with Crippen LogP contribution in [0, 0.1) is 5.82 Å². The van der Waals surface area contributed by atoms with Gasteiger partial charge >= 0.3 is 0 Å². The largest absolute Gasteiger partial charge is 0.366 e. The van der Waals surface area contributed by atoms with Crippen LogP contribution in [0.2, 0.25) is 0 Å². The molecule has 6 heteroatoms. The van der Waals surface area contributed by atoms with Crippen LogP contribution in [-0.2, 0) is 6.42 Å². The van der Waals surface area contributed by atoms with Gasteiger partial charge < -0.3 is 5.73 Å². The first-order valence-corrected chi connectivity index (χ1v) is 4.24. The number of azide groups is 1. The summed E-state index contributed by atoms with van der Waals surface area (Å²) >= 11 is 0. The van der Waals surface area contributed by atoms with Crippen LogP contribution in [0.1, 0.15) is 15.9 Å². The molecule has 1 aromatic carbocycles. The highest BCUT2D eigenvalue weighted by Crippen LogP contribution is 2.10. The summed E-state index contributed by atoms with van der Waals surface area (Å²) in [6, 6.07) is 4.12. The Morgan fingerprint density at radius 3 is 2.87 bits per heavy atom. The van der Waals surface area contributed by atoms with Crippen molar-refractivity contribution in [2.24, 2.45) is 10.8 Å². The Morgan fingerprint density at radius 1 is 1.60 bits per heavy atom. The molecule has 0 aliphatic rings. The summed E-state index contributed by atoms with van der Waals surface area (Å²) in [5.41, 5.74) is 13.5. The zero-order valence-electron chi connectivity index (χ0n) is 7.85. The van der Waals surface area contributed by atoms with E-state index in [1.54, 1.807) is 6.07 Å². The summed E-state index contributed by atoms with van der Waals surface area (Å²) in [5.74, 6) is -1.45. The van der Waals surface area contributed by atoms with Gasteiger partial charge in [0, 0.05) is 11.5 Å². The maximum absolute atomic E-state index is 13.2. The van der Waals surface area contributed by atoms with Gasteiger partial charge in [-0.1, -0.05) is 11.2 Å². The molecule has 0 heterocycles. The summed E-state index contributed by atoms with van der Waals surface area (Å²) in [6.07, 6.45) is 0.431. The summed E-state index contributed by atoms with van der Waals surface area (Å²) in [5, 5.41) is 3.32. The van der Waals surface area contributed by atoms with Crippen LogP contribution in [0.15, 0.2) is 23.3 Å². The molecule has 78 valence electrons. The Kier molecular flexibility index (Phi) is 3.65. The molecule has 1 aromatic rings. The van der Waals surface area contributed by atoms with Crippen molar-refractivity contribution in [3.8, 4) is 0 Å². The molecule has 0 unspecified atom stereocenters. The van der Waals surface area contributed by atoms with Crippen LogP contribution in [0.5, 0.6) is 0 Å². The van der Waals surface area contributed by atoms with Gasteiger partial charge in [0.1, 0.15) is 5.82 Å². The molecule has 0 spiro atoms. The minimum atomic E-state index is -0.797. The highest BCUT2D eigenvalue weighted by atomic mass is 19.1. The van der Waals surface area contributed by atoms with Crippen LogP contribution in [0.3, 0.4) is 0 Å². The molecular formula is C9H9FN4O. The standard InChI is InChI=1S/C9H9FN4O/c10-8-5-6(3-4-13-14-12)1-2-7(8)9(11)15/h1-2,5H,3-4H2,(H2,11,15). The van der Waals surface area contributed by atoms with Gasteiger partial charge in [-0.25, -0.2) is 4.39 Å². The number of nitrogens with zero attached hydrogens (tertiary/aromatic N) is 3. The average molecular weight is 208 g/mol. The lowest BCUT2D eigenvalue weighted by Gasteiger charge is -2.01.